The molecular weight excluding hydrogens is 705 g/mol. The van der Waals surface area contributed by atoms with E-state index in [0.29, 0.717) is 5.95 Å². The van der Waals surface area contributed by atoms with E-state index in [0.717, 1.165) is 49.9 Å². The minimum absolute atomic E-state index is 0.652. The van der Waals surface area contributed by atoms with Crippen molar-refractivity contribution in [2.75, 3.05) is 0 Å². The van der Waals surface area contributed by atoms with E-state index in [1.165, 1.54) is 54.6 Å². The molecule has 0 saturated heterocycles. The van der Waals surface area contributed by atoms with E-state index in [1.54, 1.807) is 0 Å². The third-order valence-electron chi connectivity index (χ3n) is 11.7. The molecule has 0 aliphatic rings. The van der Waals surface area contributed by atoms with Gasteiger partial charge in [-0.05, 0) is 81.6 Å². The van der Waals surface area contributed by atoms with Gasteiger partial charge in [-0.2, -0.15) is 0 Å². The molecule has 0 atom stereocenters. The standard InChI is InChI=1S/C54H34N4/c1-4-16-35(17-5-1)39-32-40(36-18-6-2-7-19-36)34-41(33-39)57-46-27-15-13-25-44(46)51-47(57)30-31-49-52(51)50-42-23-11-10-20-37(42)28-29-48(50)58(49)54-55-45-26-14-12-24-43(45)53(56-54)38-21-8-3-9-22-38/h1-34H. The van der Waals surface area contributed by atoms with Crippen molar-refractivity contribution in [1.82, 2.24) is 19.1 Å². The van der Waals surface area contributed by atoms with E-state index >= 15 is 0 Å². The highest BCUT2D eigenvalue weighted by Gasteiger charge is 2.24. The van der Waals surface area contributed by atoms with Crippen LogP contribution in [0.15, 0.2) is 206 Å². The van der Waals surface area contributed by atoms with Crippen molar-refractivity contribution in [3.8, 4) is 45.1 Å². The molecule has 3 aromatic heterocycles. The van der Waals surface area contributed by atoms with Gasteiger partial charge >= 0.3 is 0 Å². The van der Waals surface area contributed by atoms with Gasteiger partial charge in [-0.15, -0.1) is 0 Å². The Balaban J connectivity index is 1.22. The van der Waals surface area contributed by atoms with E-state index < -0.39 is 0 Å². The van der Waals surface area contributed by atoms with Crippen LogP contribution in [0.3, 0.4) is 0 Å². The highest BCUT2D eigenvalue weighted by Crippen LogP contribution is 2.45. The van der Waals surface area contributed by atoms with Gasteiger partial charge < -0.3 is 4.57 Å². The molecule has 3 heterocycles. The number of benzene rings is 9. The predicted molar refractivity (Wildman–Crippen MR) is 242 cm³/mol. The lowest BCUT2D eigenvalue weighted by Crippen LogP contribution is -2.03. The van der Waals surface area contributed by atoms with Crippen LogP contribution in [0.25, 0.3) is 110 Å². The Kier molecular flexibility index (Phi) is 7.20. The van der Waals surface area contributed by atoms with Crippen molar-refractivity contribution in [3.63, 3.8) is 0 Å². The van der Waals surface area contributed by atoms with E-state index in [-0.39, 0.29) is 0 Å². The number of nitrogens with zero attached hydrogens (tertiary/aromatic N) is 4. The lowest BCUT2D eigenvalue weighted by molar-refractivity contribution is 1.01. The quantitative estimate of drug-likeness (QED) is 0.176. The van der Waals surface area contributed by atoms with Crippen LogP contribution in [-0.4, -0.2) is 19.1 Å². The largest absolute Gasteiger partial charge is 0.309 e. The van der Waals surface area contributed by atoms with Crippen LogP contribution in [0, 0.1) is 0 Å². The van der Waals surface area contributed by atoms with Crippen molar-refractivity contribution < 1.29 is 0 Å². The molecule has 9 aromatic carbocycles. The average molecular weight is 739 g/mol. The molecule has 12 rings (SSSR count). The van der Waals surface area contributed by atoms with Crippen LogP contribution in [0.4, 0.5) is 0 Å². The fourth-order valence-corrected chi connectivity index (χ4v) is 9.14. The second-order valence-corrected chi connectivity index (χ2v) is 15.0. The molecule has 0 fully saturated rings. The molecule has 4 nitrogen and oxygen atoms in total. The monoisotopic (exact) mass is 738 g/mol. The van der Waals surface area contributed by atoms with Crippen molar-refractivity contribution >= 4 is 65.3 Å². The van der Waals surface area contributed by atoms with Crippen LogP contribution in [0.1, 0.15) is 0 Å². The van der Waals surface area contributed by atoms with Crippen LogP contribution < -0.4 is 0 Å². The zero-order valence-corrected chi connectivity index (χ0v) is 31.4. The van der Waals surface area contributed by atoms with Gasteiger partial charge in [0.15, 0.2) is 0 Å². The summed E-state index contributed by atoms with van der Waals surface area (Å²) in [5, 5.41) is 8.23. The summed E-state index contributed by atoms with van der Waals surface area (Å²) in [6.07, 6.45) is 0. The number of hydrogen-bond donors (Lipinski definition) is 0. The molecule has 4 heteroatoms. The van der Waals surface area contributed by atoms with Crippen molar-refractivity contribution in [2.24, 2.45) is 0 Å². The first-order valence-electron chi connectivity index (χ1n) is 19.8. The summed E-state index contributed by atoms with van der Waals surface area (Å²) < 4.78 is 4.74. The predicted octanol–water partition coefficient (Wildman–Crippen LogP) is 14.0. The maximum atomic E-state index is 5.41. The van der Waals surface area contributed by atoms with Gasteiger partial charge in [0.25, 0.3) is 0 Å². The Morgan fingerprint density at radius 2 is 0.828 bits per heavy atom. The minimum atomic E-state index is 0.652. The number of rotatable bonds is 5. The Bertz CT molecular complexity index is 3490. The molecule has 0 amide bonds. The summed E-state index contributed by atoms with van der Waals surface area (Å²) in [7, 11) is 0. The Morgan fingerprint density at radius 1 is 0.310 bits per heavy atom. The lowest BCUT2D eigenvalue weighted by Gasteiger charge is -2.14. The smallest absolute Gasteiger partial charge is 0.235 e. The second-order valence-electron chi connectivity index (χ2n) is 15.0. The molecule has 0 bridgehead atoms. The van der Waals surface area contributed by atoms with Gasteiger partial charge in [0.1, 0.15) is 0 Å². The zero-order chi connectivity index (χ0) is 38.2. The lowest BCUT2D eigenvalue weighted by atomic mass is 9.98. The fourth-order valence-electron chi connectivity index (χ4n) is 9.14. The highest BCUT2D eigenvalue weighted by atomic mass is 15.2. The molecule has 0 aliphatic heterocycles. The molecule has 12 aromatic rings. The molecule has 0 radical (unpaired) electrons. The van der Waals surface area contributed by atoms with Crippen LogP contribution in [0.5, 0.6) is 0 Å². The van der Waals surface area contributed by atoms with Gasteiger partial charge in [0.05, 0.1) is 33.3 Å². The summed E-state index contributed by atoms with van der Waals surface area (Å²) in [5.74, 6) is 0.652. The number of aromatic nitrogens is 4. The molecular formula is C54H34N4. The van der Waals surface area contributed by atoms with Crippen LogP contribution >= 0.6 is 0 Å². The van der Waals surface area contributed by atoms with Crippen molar-refractivity contribution in [1.29, 1.82) is 0 Å². The summed E-state index contributed by atoms with van der Waals surface area (Å²) in [5.41, 5.74) is 13.2. The summed E-state index contributed by atoms with van der Waals surface area (Å²) >= 11 is 0. The molecule has 58 heavy (non-hydrogen) atoms. The summed E-state index contributed by atoms with van der Waals surface area (Å²) in [6.45, 7) is 0. The SMILES string of the molecule is c1ccc(-c2cc(-c3ccccc3)cc(-n3c4ccccc4c4c5c6c7ccccc7ccc6n(-c6nc(-c7ccccc7)c7ccccc7n6)c5ccc43)c2)cc1. The Morgan fingerprint density at radius 3 is 1.53 bits per heavy atom. The average Bonchev–Trinajstić information content (AvgIpc) is 3.82. The first kappa shape index (κ1) is 32.4. The van der Waals surface area contributed by atoms with E-state index in [4.69, 9.17) is 9.97 Å². The topological polar surface area (TPSA) is 35.6 Å². The number of hydrogen-bond acceptors (Lipinski definition) is 2. The second kappa shape index (κ2) is 12.9. The fraction of sp³-hybridized carbons (Fsp3) is 0. The third kappa shape index (κ3) is 4.95. The molecule has 0 saturated carbocycles. The molecule has 0 unspecified atom stereocenters. The van der Waals surface area contributed by atoms with Gasteiger partial charge in [0.2, 0.25) is 5.95 Å². The summed E-state index contributed by atoms with van der Waals surface area (Å²) in [6, 6.07) is 73.8. The molecule has 0 N–H and O–H groups in total. The normalized spacial score (nSPS) is 11.8. The summed E-state index contributed by atoms with van der Waals surface area (Å²) in [4.78, 5) is 10.7. The van der Waals surface area contributed by atoms with E-state index in [2.05, 4.69) is 209 Å². The van der Waals surface area contributed by atoms with E-state index in [1.807, 2.05) is 6.07 Å². The number of fused-ring (bicyclic) bond motifs is 10. The maximum absolute atomic E-state index is 5.41. The Hall–Kier alpha value is -7.82. The van der Waals surface area contributed by atoms with Crippen molar-refractivity contribution in [2.45, 2.75) is 0 Å². The molecule has 0 aliphatic carbocycles. The zero-order valence-electron chi connectivity index (χ0n) is 31.4. The van der Waals surface area contributed by atoms with Gasteiger partial charge in [-0.25, -0.2) is 9.97 Å². The molecule has 270 valence electrons. The minimum Gasteiger partial charge on any atom is -0.309 e. The third-order valence-corrected chi connectivity index (χ3v) is 11.7. The number of para-hydroxylation sites is 2. The first-order chi connectivity index (χ1) is 28.8. The Labute approximate surface area is 334 Å². The van der Waals surface area contributed by atoms with E-state index in [9.17, 15) is 0 Å². The maximum Gasteiger partial charge on any atom is 0.235 e. The highest BCUT2D eigenvalue weighted by molar-refractivity contribution is 6.33. The van der Waals surface area contributed by atoms with Crippen LogP contribution in [0.2, 0.25) is 0 Å². The molecule has 0 spiro atoms. The van der Waals surface area contributed by atoms with Crippen LogP contribution in [-0.2, 0) is 0 Å². The van der Waals surface area contributed by atoms with Gasteiger partial charge in [-0.1, -0.05) is 158 Å². The first-order valence-corrected chi connectivity index (χ1v) is 19.8. The van der Waals surface area contributed by atoms with Gasteiger partial charge in [-0.3, -0.25) is 4.57 Å². The van der Waals surface area contributed by atoms with Crippen molar-refractivity contribution in [3.05, 3.63) is 206 Å². The van der Waals surface area contributed by atoms with Gasteiger partial charge in [0, 0.05) is 38.2 Å².